The predicted octanol–water partition coefficient (Wildman–Crippen LogP) is 2.93. The van der Waals surface area contributed by atoms with E-state index in [1.165, 1.54) is 6.42 Å². The number of carbonyl (C=O) groups is 1. The van der Waals surface area contributed by atoms with E-state index < -0.39 is 6.17 Å². The minimum Gasteiger partial charge on any atom is -0.372 e. The van der Waals surface area contributed by atoms with E-state index in [0.717, 1.165) is 25.7 Å². The molecule has 2 fully saturated rings. The van der Waals surface area contributed by atoms with E-state index in [-0.39, 0.29) is 30.6 Å². The van der Waals surface area contributed by atoms with Gasteiger partial charge in [-0.25, -0.2) is 4.39 Å². The van der Waals surface area contributed by atoms with Crippen molar-refractivity contribution in [2.75, 3.05) is 13.1 Å². The third kappa shape index (κ3) is 3.91. The SMILES string of the molecule is CC(C)O[C@H]1CCN(C(=O)C2CCCCC2)C[C@H]1F. The molecule has 2 atom stereocenters. The Morgan fingerprint density at radius 1 is 1.21 bits per heavy atom. The third-order valence-corrected chi connectivity index (χ3v) is 4.19. The largest absolute Gasteiger partial charge is 0.372 e. The van der Waals surface area contributed by atoms with Crippen LogP contribution < -0.4 is 0 Å². The second-order valence-electron chi connectivity index (χ2n) is 6.15. The van der Waals surface area contributed by atoms with Crippen molar-refractivity contribution in [2.24, 2.45) is 5.92 Å². The number of hydrogen-bond acceptors (Lipinski definition) is 2. The van der Waals surface area contributed by atoms with Crippen molar-refractivity contribution in [1.82, 2.24) is 4.90 Å². The summed E-state index contributed by atoms with van der Waals surface area (Å²) in [6, 6.07) is 0. The second-order valence-corrected chi connectivity index (χ2v) is 6.15. The molecule has 2 rings (SSSR count). The van der Waals surface area contributed by atoms with E-state index in [4.69, 9.17) is 4.74 Å². The number of alkyl halides is 1. The van der Waals surface area contributed by atoms with Crippen molar-refractivity contribution in [3.63, 3.8) is 0 Å². The van der Waals surface area contributed by atoms with Crippen molar-refractivity contribution in [3.05, 3.63) is 0 Å². The molecule has 4 heteroatoms. The van der Waals surface area contributed by atoms with E-state index in [0.29, 0.717) is 13.0 Å². The molecule has 0 unspecified atom stereocenters. The fourth-order valence-corrected chi connectivity index (χ4v) is 3.19. The van der Waals surface area contributed by atoms with E-state index in [1.54, 1.807) is 4.90 Å². The molecule has 3 nitrogen and oxygen atoms in total. The van der Waals surface area contributed by atoms with Gasteiger partial charge in [-0.15, -0.1) is 0 Å². The molecule has 1 saturated carbocycles. The van der Waals surface area contributed by atoms with Gasteiger partial charge in [0, 0.05) is 12.5 Å². The zero-order valence-electron chi connectivity index (χ0n) is 12.1. The van der Waals surface area contributed by atoms with Crippen molar-refractivity contribution >= 4 is 5.91 Å². The Balaban J connectivity index is 1.85. The van der Waals surface area contributed by atoms with Gasteiger partial charge in [0.1, 0.15) is 6.17 Å². The van der Waals surface area contributed by atoms with Crippen LogP contribution in [0.2, 0.25) is 0 Å². The van der Waals surface area contributed by atoms with Crippen LogP contribution in [0.4, 0.5) is 4.39 Å². The molecular weight excluding hydrogens is 245 g/mol. The minimum atomic E-state index is -1.04. The fraction of sp³-hybridized carbons (Fsp3) is 0.933. The van der Waals surface area contributed by atoms with E-state index in [2.05, 4.69) is 0 Å². The summed E-state index contributed by atoms with van der Waals surface area (Å²) in [5.41, 5.74) is 0. The van der Waals surface area contributed by atoms with Crippen molar-refractivity contribution in [3.8, 4) is 0 Å². The first-order valence-corrected chi connectivity index (χ1v) is 7.66. The van der Waals surface area contributed by atoms with Gasteiger partial charge in [-0.3, -0.25) is 4.79 Å². The summed E-state index contributed by atoms with van der Waals surface area (Å²) < 4.78 is 19.6. The molecule has 0 N–H and O–H groups in total. The Labute approximate surface area is 115 Å². The van der Waals surface area contributed by atoms with E-state index in [1.807, 2.05) is 13.8 Å². The quantitative estimate of drug-likeness (QED) is 0.790. The second kappa shape index (κ2) is 6.69. The maximum Gasteiger partial charge on any atom is 0.225 e. The highest BCUT2D eigenvalue weighted by Gasteiger charge is 2.35. The van der Waals surface area contributed by atoms with Crippen LogP contribution in [-0.2, 0) is 9.53 Å². The van der Waals surface area contributed by atoms with Gasteiger partial charge in [0.25, 0.3) is 0 Å². The summed E-state index contributed by atoms with van der Waals surface area (Å²) in [4.78, 5) is 14.1. The first kappa shape index (κ1) is 14.8. The number of piperidine rings is 1. The summed E-state index contributed by atoms with van der Waals surface area (Å²) in [5, 5.41) is 0. The standard InChI is InChI=1S/C15H26FNO2/c1-11(2)19-14-8-9-17(10-13(14)16)15(18)12-6-4-3-5-7-12/h11-14H,3-10H2,1-2H3/t13-,14+/m1/s1. The summed E-state index contributed by atoms with van der Waals surface area (Å²) in [6.07, 6.45) is 4.78. The summed E-state index contributed by atoms with van der Waals surface area (Å²) in [5.74, 6) is 0.314. The average Bonchev–Trinajstić information content (AvgIpc) is 2.41. The van der Waals surface area contributed by atoms with E-state index in [9.17, 15) is 9.18 Å². The van der Waals surface area contributed by atoms with Gasteiger partial charge >= 0.3 is 0 Å². The molecule has 0 spiro atoms. The Hall–Kier alpha value is -0.640. The molecule has 1 saturated heterocycles. The monoisotopic (exact) mass is 271 g/mol. The van der Waals surface area contributed by atoms with Gasteiger partial charge in [0.2, 0.25) is 5.91 Å². The topological polar surface area (TPSA) is 29.5 Å². The van der Waals surface area contributed by atoms with Crippen LogP contribution in [0.25, 0.3) is 0 Å². The summed E-state index contributed by atoms with van der Waals surface area (Å²) in [7, 11) is 0. The molecule has 0 aromatic carbocycles. The molecule has 0 aromatic heterocycles. The Bertz CT molecular complexity index is 303. The van der Waals surface area contributed by atoms with Crippen LogP contribution in [0.3, 0.4) is 0 Å². The number of amides is 1. The van der Waals surface area contributed by atoms with Gasteiger partial charge in [-0.2, -0.15) is 0 Å². The highest BCUT2D eigenvalue weighted by Crippen LogP contribution is 2.27. The molecule has 1 aliphatic carbocycles. The van der Waals surface area contributed by atoms with Crippen molar-refractivity contribution < 1.29 is 13.9 Å². The highest BCUT2D eigenvalue weighted by atomic mass is 19.1. The van der Waals surface area contributed by atoms with Gasteiger partial charge < -0.3 is 9.64 Å². The van der Waals surface area contributed by atoms with Crippen molar-refractivity contribution in [2.45, 2.75) is 70.8 Å². The van der Waals surface area contributed by atoms with Crippen LogP contribution in [0, 0.1) is 5.92 Å². The molecule has 0 bridgehead atoms. The molecule has 19 heavy (non-hydrogen) atoms. The maximum atomic E-state index is 14.1. The van der Waals surface area contributed by atoms with Crippen LogP contribution in [0.15, 0.2) is 0 Å². The van der Waals surface area contributed by atoms with Gasteiger partial charge in [0.15, 0.2) is 0 Å². The van der Waals surface area contributed by atoms with Crippen LogP contribution >= 0.6 is 0 Å². The van der Waals surface area contributed by atoms with Crippen LogP contribution in [0.5, 0.6) is 0 Å². The first-order valence-electron chi connectivity index (χ1n) is 7.66. The van der Waals surface area contributed by atoms with Crippen LogP contribution in [0.1, 0.15) is 52.4 Å². The normalized spacial score (nSPS) is 29.8. The molecule has 1 heterocycles. The smallest absolute Gasteiger partial charge is 0.225 e. The minimum absolute atomic E-state index is 0.0452. The zero-order chi connectivity index (χ0) is 13.8. The highest BCUT2D eigenvalue weighted by molar-refractivity contribution is 5.79. The fourth-order valence-electron chi connectivity index (χ4n) is 3.19. The summed E-state index contributed by atoms with van der Waals surface area (Å²) in [6.45, 7) is 4.71. The number of hydrogen-bond donors (Lipinski definition) is 0. The number of likely N-dealkylation sites (tertiary alicyclic amines) is 1. The van der Waals surface area contributed by atoms with Crippen molar-refractivity contribution in [1.29, 1.82) is 0 Å². The molecule has 1 aliphatic heterocycles. The number of ether oxygens (including phenoxy) is 1. The maximum absolute atomic E-state index is 14.1. The molecule has 0 radical (unpaired) electrons. The third-order valence-electron chi connectivity index (χ3n) is 4.19. The lowest BCUT2D eigenvalue weighted by Crippen LogP contribution is -2.50. The van der Waals surface area contributed by atoms with E-state index >= 15 is 0 Å². The average molecular weight is 271 g/mol. The Morgan fingerprint density at radius 2 is 1.89 bits per heavy atom. The van der Waals surface area contributed by atoms with Gasteiger partial charge in [-0.1, -0.05) is 19.3 Å². The molecule has 0 aromatic rings. The molecule has 110 valence electrons. The zero-order valence-corrected chi connectivity index (χ0v) is 12.1. The number of nitrogens with zero attached hydrogens (tertiary/aromatic N) is 1. The Kier molecular flexibility index (Phi) is 5.20. The molecule has 1 amide bonds. The number of carbonyl (C=O) groups excluding carboxylic acids is 1. The van der Waals surface area contributed by atoms with Gasteiger partial charge in [0.05, 0.1) is 18.8 Å². The first-order chi connectivity index (χ1) is 9.08. The lowest BCUT2D eigenvalue weighted by atomic mass is 9.87. The lowest BCUT2D eigenvalue weighted by molar-refractivity contribution is -0.143. The number of rotatable bonds is 3. The summed E-state index contributed by atoms with van der Waals surface area (Å²) >= 11 is 0. The molecular formula is C15H26FNO2. The predicted molar refractivity (Wildman–Crippen MR) is 72.7 cm³/mol. The van der Waals surface area contributed by atoms with Crippen LogP contribution in [-0.4, -0.2) is 42.3 Å². The lowest BCUT2D eigenvalue weighted by Gasteiger charge is -2.37. The Morgan fingerprint density at radius 3 is 2.47 bits per heavy atom. The molecule has 2 aliphatic rings. The van der Waals surface area contributed by atoms with Gasteiger partial charge in [-0.05, 0) is 33.1 Å². The number of halogens is 1.